The number of rotatable bonds is 3. The molecule has 0 radical (unpaired) electrons. The molecule has 5 heteroatoms. The molecule has 1 unspecified atom stereocenters. The van der Waals surface area contributed by atoms with Gasteiger partial charge in [0, 0.05) is 6.08 Å². The molecule has 0 saturated heterocycles. The van der Waals surface area contributed by atoms with Crippen molar-refractivity contribution in [3.8, 4) is 5.75 Å². The van der Waals surface area contributed by atoms with Crippen molar-refractivity contribution in [2.24, 2.45) is 0 Å². The quantitative estimate of drug-likeness (QED) is 0.667. The van der Waals surface area contributed by atoms with Gasteiger partial charge in [-0.05, 0) is 37.6 Å². The maximum absolute atomic E-state index is 11.5. The monoisotopic (exact) mass is 261 g/mol. The van der Waals surface area contributed by atoms with E-state index in [-0.39, 0.29) is 5.91 Å². The van der Waals surface area contributed by atoms with Gasteiger partial charge >= 0.3 is 5.97 Å². The summed E-state index contributed by atoms with van der Waals surface area (Å²) < 4.78 is 10.2. The third kappa shape index (κ3) is 3.13. The zero-order chi connectivity index (χ0) is 13.8. The van der Waals surface area contributed by atoms with Crippen molar-refractivity contribution < 1.29 is 19.1 Å². The van der Waals surface area contributed by atoms with Crippen LogP contribution in [0.1, 0.15) is 19.4 Å². The van der Waals surface area contributed by atoms with E-state index < -0.39 is 12.1 Å². The molecule has 0 bridgehead atoms. The van der Waals surface area contributed by atoms with Gasteiger partial charge in [-0.1, -0.05) is 6.07 Å². The van der Waals surface area contributed by atoms with Gasteiger partial charge in [0.2, 0.25) is 0 Å². The third-order valence-electron chi connectivity index (χ3n) is 2.63. The average Bonchev–Trinajstić information content (AvgIpc) is 2.38. The normalized spacial score (nSPS) is 17.6. The molecule has 1 N–H and O–H groups in total. The van der Waals surface area contributed by atoms with E-state index >= 15 is 0 Å². The van der Waals surface area contributed by atoms with Gasteiger partial charge in [0.15, 0.2) is 6.10 Å². The van der Waals surface area contributed by atoms with Gasteiger partial charge in [-0.15, -0.1) is 0 Å². The van der Waals surface area contributed by atoms with Crippen molar-refractivity contribution in [2.75, 3.05) is 11.9 Å². The van der Waals surface area contributed by atoms with Crippen LogP contribution in [0.5, 0.6) is 5.75 Å². The predicted molar refractivity (Wildman–Crippen MR) is 70.8 cm³/mol. The lowest BCUT2D eigenvalue weighted by Crippen LogP contribution is -2.34. The van der Waals surface area contributed by atoms with Gasteiger partial charge in [0.05, 0.1) is 12.3 Å². The molecule has 0 aliphatic carbocycles. The minimum absolute atomic E-state index is 0.181. The van der Waals surface area contributed by atoms with E-state index in [1.165, 1.54) is 6.08 Å². The first-order chi connectivity index (χ1) is 9.10. The van der Waals surface area contributed by atoms with Crippen molar-refractivity contribution in [2.45, 2.75) is 20.0 Å². The minimum Gasteiger partial charge on any atom is -0.479 e. The summed E-state index contributed by atoms with van der Waals surface area (Å²) in [5, 5.41) is 2.75. The van der Waals surface area contributed by atoms with Crippen LogP contribution >= 0.6 is 0 Å². The smallest absolute Gasteiger partial charge is 0.330 e. The summed E-state index contributed by atoms with van der Waals surface area (Å²) in [7, 11) is 0. The Morgan fingerprint density at radius 2 is 2.32 bits per heavy atom. The van der Waals surface area contributed by atoms with Crippen molar-refractivity contribution >= 4 is 23.6 Å². The fraction of sp³-hybridized carbons (Fsp3) is 0.286. The lowest BCUT2D eigenvalue weighted by atomic mass is 10.1. The highest BCUT2D eigenvalue weighted by Gasteiger charge is 2.23. The van der Waals surface area contributed by atoms with Crippen LogP contribution in [-0.4, -0.2) is 24.6 Å². The summed E-state index contributed by atoms with van der Waals surface area (Å²) in [5.74, 6) is 0.0496. The van der Waals surface area contributed by atoms with Crippen LogP contribution in [0.2, 0.25) is 0 Å². The van der Waals surface area contributed by atoms with Gasteiger partial charge in [-0.3, -0.25) is 4.79 Å². The highest BCUT2D eigenvalue weighted by molar-refractivity contribution is 5.98. The molecular weight excluding hydrogens is 246 g/mol. The SMILES string of the molecule is CCOC(=O)/C=C/c1ccc2c(c1)NC(=O)C(C)O2. The molecule has 1 heterocycles. The van der Waals surface area contributed by atoms with Crippen LogP contribution in [-0.2, 0) is 14.3 Å². The van der Waals surface area contributed by atoms with E-state index in [1.54, 1.807) is 38.1 Å². The van der Waals surface area contributed by atoms with Crippen LogP contribution < -0.4 is 10.1 Å². The molecule has 1 aromatic carbocycles. The highest BCUT2D eigenvalue weighted by atomic mass is 16.5. The summed E-state index contributed by atoms with van der Waals surface area (Å²) in [4.78, 5) is 22.7. The molecule has 0 fully saturated rings. The number of hydrogen-bond acceptors (Lipinski definition) is 4. The Bertz CT molecular complexity index is 536. The van der Waals surface area contributed by atoms with Crippen LogP contribution in [0.25, 0.3) is 6.08 Å². The number of ether oxygens (including phenoxy) is 2. The second kappa shape index (κ2) is 5.56. The number of benzene rings is 1. The number of fused-ring (bicyclic) bond motifs is 1. The van der Waals surface area contributed by atoms with E-state index in [0.717, 1.165) is 5.56 Å². The molecular formula is C14H15NO4. The van der Waals surface area contributed by atoms with Crippen LogP contribution in [0.15, 0.2) is 24.3 Å². The lowest BCUT2D eigenvalue weighted by Gasteiger charge is -2.23. The Hall–Kier alpha value is -2.30. The van der Waals surface area contributed by atoms with Crippen molar-refractivity contribution in [3.05, 3.63) is 29.8 Å². The van der Waals surface area contributed by atoms with Crippen LogP contribution in [0, 0.1) is 0 Å². The molecule has 19 heavy (non-hydrogen) atoms. The number of carbonyl (C=O) groups is 2. The van der Waals surface area contributed by atoms with Gasteiger partial charge in [0.25, 0.3) is 5.91 Å². The lowest BCUT2D eigenvalue weighted by molar-refractivity contribution is -0.137. The maximum Gasteiger partial charge on any atom is 0.330 e. The fourth-order valence-corrected chi connectivity index (χ4v) is 1.68. The largest absolute Gasteiger partial charge is 0.479 e. The number of carbonyl (C=O) groups excluding carboxylic acids is 2. The van der Waals surface area contributed by atoms with Crippen LogP contribution in [0.3, 0.4) is 0 Å². The third-order valence-corrected chi connectivity index (χ3v) is 2.63. The van der Waals surface area contributed by atoms with E-state index in [4.69, 9.17) is 9.47 Å². The highest BCUT2D eigenvalue weighted by Crippen LogP contribution is 2.30. The summed E-state index contributed by atoms with van der Waals surface area (Å²) in [6, 6.07) is 5.31. The Morgan fingerprint density at radius 1 is 1.53 bits per heavy atom. The topological polar surface area (TPSA) is 64.6 Å². The Kier molecular flexibility index (Phi) is 3.85. The molecule has 1 atom stereocenters. The summed E-state index contributed by atoms with van der Waals surface area (Å²) >= 11 is 0. The van der Waals surface area contributed by atoms with E-state index in [9.17, 15) is 9.59 Å². The Balaban J connectivity index is 2.15. The predicted octanol–water partition coefficient (Wildman–Crippen LogP) is 1.98. The van der Waals surface area contributed by atoms with Crippen LogP contribution in [0.4, 0.5) is 5.69 Å². The first-order valence-corrected chi connectivity index (χ1v) is 6.06. The number of anilines is 1. The standard InChI is InChI=1S/C14H15NO4/c1-3-18-13(16)7-5-10-4-6-12-11(8-10)15-14(17)9(2)19-12/h4-9H,3H2,1-2H3,(H,15,17)/b7-5+. The van der Waals surface area contributed by atoms with Gasteiger partial charge in [-0.25, -0.2) is 4.79 Å². The molecule has 1 aliphatic rings. The fourth-order valence-electron chi connectivity index (χ4n) is 1.68. The molecule has 100 valence electrons. The maximum atomic E-state index is 11.5. The Labute approximate surface area is 111 Å². The summed E-state index contributed by atoms with van der Waals surface area (Å²) in [6.07, 6.45) is 2.48. The molecule has 0 aromatic heterocycles. The van der Waals surface area contributed by atoms with Crippen molar-refractivity contribution in [1.82, 2.24) is 0 Å². The minimum atomic E-state index is -0.492. The van der Waals surface area contributed by atoms with Gasteiger partial charge in [-0.2, -0.15) is 0 Å². The summed E-state index contributed by atoms with van der Waals surface area (Å²) in [5.41, 5.74) is 1.39. The van der Waals surface area contributed by atoms with E-state index in [0.29, 0.717) is 18.0 Å². The number of nitrogens with one attached hydrogen (secondary N) is 1. The molecule has 0 saturated carbocycles. The number of hydrogen-bond donors (Lipinski definition) is 1. The molecule has 0 spiro atoms. The van der Waals surface area contributed by atoms with Gasteiger partial charge < -0.3 is 14.8 Å². The summed E-state index contributed by atoms with van der Waals surface area (Å²) in [6.45, 7) is 3.78. The first kappa shape index (κ1) is 13.1. The van der Waals surface area contributed by atoms with Crippen molar-refractivity contribution in [3.63, 3.8) is 0 Å². The Morgan fingerprint density at radius 3 is 3.05 bits per heavy atom. The second-order valence-corrected chi connectivity index (χ2v) is 4.09. The zero-order valence-corrected chi connectivity index (χ0v) is 10.8. The number of amides is 1. The molecule has 1 amide bonds. The van der Waals surface area contributed by atoms with Crippen molar-refractivity contribution in [1.29, 1.82) is 0 Å². The average molecular weight is 261 g/mol. The van der Waals surface area contributed by atoms with E-state index in [2.05, 4.69) is 5.32 Å². The molecule has 2 rings (SSSR count). The molecule has 5 nitrogen and oxygen atoms in total. The molecule has 1 aliphatic heterocycles. The number of esters is 1. The second-order valence-electron chi connectivity index (χ2n) is 4.09. The first-order valence-electron chi connectivity index (χ1n) is 6.06. The van der Waals surface area contributed by atoms with Gasteiger partial charge in [0.1, 0.15) is 5.75 Å². The zero-order valence-electron chi connectivity index (χ0n) is 10.8. The molecule has 1 aromatic rings. The van der Waals surface area contributed by atoms with E-state index in [1.807, 2.05) is 0 Å².